The van der Waals surface area contributed by atoms with Crippen LogP contribution in [0.25, 0.3) is 45.0 Å². The molecule has 0 radical (unpaired) electrons. The number of carbonyl (C=O) groups is 2. The molecule has 0 aliphatic heterocycles. The van der Waals surface area contributed by atoms with Crippen LogP contribution in [0.5, 0.6) is 5.75 Å². The van der Waals surface area contributed by atoms with Crippen molar-refractivity contribution >= 4 is 23.0 Å². The maximum Gasteiger partial charge on any atom is 0.573 e. The van der Waals surface area contributed by atoms with E-state index in [9.17, 15) is 22.8 Å². The molecule has 1 aliphatic carbocycles. The zero-order chi connectivity index (χ0) is 32.8. The van der Waals surface area contributed by atoms with Gasteiger partial charge in [-0.25, -0.2) is 4.79 Å². The standard InChI is InChI=1S/C33H31F3N4O6/c1-5-43-27(41)17-18-8-10-23-24-16-19(9-11-25(24)37-28(18)23)29-38-30(46-39-29)21-13-20(14-22(15-21)44-33(34,35)36)26-7-6-12-40(26)31(42)45-32(2,3)4/h6-7,9,11-16,18,37H,5,8,10,17H2,1-4H3. The SMILES string of the molecule is CCOC(=O)CC1CCc2c1[nH]c1ccc(-c3noc(-c4cc(OC(F)(F)F)cc(-c5cccn5C(=O)OC(C)(C)C)c4)n3)cc21. The predicted octanol–water partition coefficient (Wildman–Crippen LogP) is 8.02. The van der Waals surface area contributed by atoms with Crippen molar-refractivity contribution in [1.82, 2.24) is 19.7 Å². The number of nitrogens with one attached hydrogen (secondary N) is 1. The van der Waals surface area contributed by atoms with Gasteiger partial charge in [-0.2, -0.15) is 4.98 Å². The molecule has 13 heteroatoms. The molecule has 1 atom stereocenters. The quantitative estimate of drug-likeness (QED) is 0.178. The molecule has 3 heterocycles. The highest BCUT2D eigenvalue weighted by Crippen LogP contribution is 2.41. The summed E-state index contributed by atoms with van der Waals surface area (Å²) < 4.78 is 61.5. The molecule has 0 amide bonds. The molecule has 10 nitrogen and oxygen atoms in total. The number of alkyl halides is 3. The lowest BCUT2D eigenvalue weighted by Crippen LogP contribution is -2.27. The maximum atomic E-state index is 13.3. The first-order valence-corrected chi connectivity index (χ1v) is 14.7. The lowest BCUT2D eigenvalue weighted by Gasteiger charge is -2.20. The van der Waals surface area contributed by atoms with E-state index >= 15 is 0 Å². The molecule has 5 aromatic rings. The molecule has 0 bridgehead atoms. The van der Waals surface area contributed by atoms with Gasteiger partial charge in [-0.3, -0.25) is 9.36 Å². The smallest absolute Gasteiger partial charge is 0.466 e. The first-order valence-electron chi connectivity index (χ1n) is 14.7. The minimum absolute atomic E-state index is 0.0403. The van der Waals surface area contributed by atoms with E-state index in [1.807, 2.05) is 18.2 Å². The van der Waals surface area contributed by atoms with Crippen LogP contribution >= 0.6 is 0 Å². The number of esters is 1. The average molecular weight is 637 g/mol. The van der Waals surface area contributed by atoms with Crippen molar-refractivity contribution in [2.75, 3.05) is 6.61 Å². The Morgan fingerprint density at radius 3 is 2.59 bits per heavy atom. The lowest BCUT2D eigenvalue weighted by atomic mass is 10.0. The van der Waals surface area contributed by atoms with Gasteiger partial charge in [0.05, 0.1) is 18.7 Å². The van der Waals surface area contributed by atoms with E-state index in [1.54, 1.807) is 39.8 Å². The molecule has 240 valence electrons. The zero-order valence-electron chi connectivity index (χ0n) is 25.5. The Bertz CT molecular complexity index is 1930. The number of carbonyl (C=O) groups excluding carboxylic acids is 2. The minimum atomic E-state index is -4.97. The van der Waals surface area contributed by atoms with Crippen molar-refractivity contribution < 1.29 is 41.5 Å². The number of aromatic amines is 1. The summed E-state index contributed by atoms with van der Waals surface area (Å²) in [4.78, 5) is 32.9. The second-order valence-electron chi connectivity index (χ2n) is 12.0. The number of ether oxygens (including phenoxy) is 3. The second kappa shape index (κ2) is 11.7. The van der Waals surface area contributed by atoms with E-state index in [-0.39, 0.29) is 40.4 Å². The van der Waals surface area contributed by atoms with Gasteiger partial charge in [-0.05, 0) is 94.6 Å². The third-order valence-electron chi connectivity index (χ3n) is 7.51. The largest absolute Gasteiger partial charge is 0.573 e. The van der Waals surface area contributed by atoms with E-state index in [0.717, 1.165) is 41.1 Å². The minimum Gasteiger partial charge on any atom is -0.466 e. The summed E-state index contributed by atoms with van der Waals surface area (Å²) in [6.45, 7) is 7.24. The topological polar surface area (TPSA) is 121 Å². The molecular weight excluding hydrogens is 605 g/mol. The number of benzene rings is 2. The van der Waals surface area contributed by atoms with E-state index in [2.05, 4.69) is 19.9 Å². The number of aryl methyl sites for hydroxylation is 1. The molecule has 3 aromatic heterocycles. The van der Waals surface area contributed by atoms with Gasteiger partial charge in [0, 0.05) is 45.4 Å². The van der Waals surface area contributed by atoms with Gasteiger partial charge in [-0.1, -0.05) is 5.16 Å². The monoisotopic (exact) mass is 636 g/mol. The van der Waals surface area contributed by atoms with E-state index in [4.69, 9.17) is 14.0 Å². The Kier molecular flexibility index (Phi) is 7.87. The van der Waals surface area contributed by atoms with Crippen LogP contribution in [0.3, 0.4) is 0 Å². The summed E-state index contributed by atoms with van der Waals surface area (Å²) in [6, 6.07) is 12.6. The van der Waals surface area contributed by atoms with Gasteiger partial charge >= 0.3 is 18.4 Å². The number of hydrogen-bond acceptors (Lipinski definition) is 8. The number of halogens is 3. The summed E-state index contributed by atoms with van der Waals surface area (Å²) in [5.74, 6) is -0.538. The Morgan fingerprint density at radius 1 is 1.07 bits per heavy atom. The van der Waals surface area contributed by atoms with Crippen molar-refractivity contribution in [2.24, 2.45) is 0 Å². The molecular formula is C33H31F3N4O6. The fourth-order valence-corrected chi connectivity index (χ4v) is 5.72. The zero-order valence-corrected chi connectivity index (χ0v) is 25.5. The van der Waals surface area contributed by atoms with E-state index in [1.165, 1.54) is 22.9 Å². The van der Waals surface area contributed by atoms with Crippen molar-refractivity contribution in [3.8, 4) is 39.8 Å². The van der Waals surface area contributed by atoms with Crippen LogP contribution < -0.4 is 4.74 Å². The first kappa shape index (κ1) is 30.9. The highest BCUT2D eigenvalue weighted by molar-refractivity contribution is 5.89. The molecule has 2 aromatic carbocycles. The molecule has 1 N–H and O–H groups in total. The van der Waals surface area contributed by atoms with Crippen molar-refractivity contribution in [3.63, 3.8) is 0 Å². The third-order valence-corrected chi connectivity index (χ3v) is 7.51. The van der Waals surface area contributed by atoms with Gasteiger partial charge < -0.3 is 23.7 Å². The Morgan fingerprint density at radius 2 is 1.85 bits per heavy atom. The van der Waals surface area contributed by atoms with Crippen LogP contribution in [0.15, 0.2) is 59.3 Å². The number of rotatable bonds is 7. The van der Waals surface area contributed by atoms with Crippen molar-refractivity contribution in [3.05, 3.63) is 66.0 Å². The van der Waals surface area contributed by atoms with Crippen LogP contribution in [-0.2, 0) is 20.7 Å². The van der Waals surface area contributed by atoms with Crippen LogP contribution in [0.1, 0.15) is 57.7 Å². The first-order chi connectivity index (χ1) is 21.8. The third kappa shape index (κ3) is 6.49. The molecule has 46 heavy (non-hydrogen) atoms. The highest BCUT2D eigenvalue weighted by atomic mass is 19.4. The van der Waals surface area contributed by atoms with Gasteiger partial charge in [0.15, 0.2) is 0 Å². The predicted molar refractivity (Wildman–Crippen MR) is 161 cm³/mol. The van der Waals surface area contributed by atoms with Crippen LogP contribution in [0, 0.1) is 0 Å². The number of hydrogen-bond donors (Lipinski definition) is 1. The summed E-state index contributed by atoms with van der Waals surface area (Å²) in [6.07, 6.45) is -2.29. The molecule has 0 saturated heterocycles. The Labute approximate surface area is 261 Å². The number of fused-ring (bicyclic) bond motifs is 3. The number of H-pyrrole nitrogens is 1. The fraction of sp³-hybridized carbons (Fsp3) is 0.333. The molecule has 1 aliphatic rings. The summed E-state index contributed by atoms with van der Waals surface area (Å²) in [5, 5.41) is 5.07. The molecule has 6 rings (SSSR count). The summed E-state index contributed by atoms with van der Waals surface area (Å²) >= 11 is 0. The molecule has 0 spiro atoms. The Hall–Kier alpha value is -5.07. The summed E-state index contributed by atoms with van der Waals surface area (Å²) in [7, 11) is 0. The van der Waals surface area contributed by atoms with Crippen LogP contribution in [-0.4, -0.2) is 50.3 Å². The maximum absolute atomic E-state index is 13.3. The normalized spacial score (nSPS) is 14.8. The van der Waals surface area contributed by atoms with Crippen molar-refractivity contribution in [2.45, 2.75) is 64.8 Å². The van der Waals surface area contributed by atoms with Gasteiger partial charge in [-0.15, -0.1) is 13.2 Å². The molecule has 1 unspecified atom stereocenters. The fourth-order valence-electron chi connectivity index (χ4n) is 5.72. The van der Waals surface area contributed by atoms with Crippen LogP contribution in [0.4, 0.5) is 18.0 Å². The molecule has 0 saturated carbocycles. The average Bonchev–Trinajstić information content (AvgIpc) is 3.76. The number of nitrogens with zero attached hydrogens (tertiary/aromatic N) is 3. The number of aromatic nitrogens is 4. The molecule has 0 fully saturated rings. The Balaban J connectivity index is 1.34. The van der Waals surface area contributed by atoms with Crippen LogP contribution in [0.2, 0.25) is 0 Å². The highest BCUT2D eigenvalue weighted by Gasteiger charge is 2.32. The van der Waals surface area contributed by atoms with E-state index in [0.29, 0.717) is 18.6 Å². The van der Waals surface area contributed by atoms with Gasteiger partial charge in [0.25, 0.3) is 5.89 Å². The van der Waals surface area contributed by atoms with Crippen molar-refractivity contribution in [1.29, 1.82) is 0 Å². The van der Waals surface area contributed by atoms with E-state index < -0.39 is 23.8 Å². The van der Waals surface area contributed by atoms with Gasteiger partial charge in [0.1, 0.15) is 11.4 Å². The summed E-state index contributed by atoms with van der Waals surface area (Å²) in [5.41, 5.74) is 3.53. The second-order valence-corrected chi connectivity index (χ2v) is 12.0. The lowest BCUT2D eigenvalue weighted by molar-refractivity contribution is -0.274. The van der Waals surface area contributed by atoms with Gasteiger partial charge in [0.2, 0.25) is 5.82 Å².